The van der Waals surface area contributed by atoms with Gasteiger partial charge in [-0.05, 0) is 19.3 Å². The van der Waals surface area contributed by atoms with Gasteiger partial charge in [0.2, 0.25) is 11.8 Å². The third-order valence-corrected chi connectivity index (χ3v) is 3.35. The summed E-state index contributed by atoms with van der Waals surface area (Å²) in [5, 5.41) is 3.29. The first-order valence-electron chi connectivity index (χ1n) is 6.40. The molecule has 2 fully saturated rings. The molecule has 1 N–H and O–H groups in total. The predicted octanol–water partition coefficient (Wildman–Crippen LogP) is 0.292. The molecule has 5 heteroatoms. The van der Waals surface area contributed by atoms with Crippen molar-refractivity contribution in [1.82, 2.24) is 10.2 Å². The number of rotatable bonds is 4. The van der Waals surface area contributed by atoms with E-state index in [4.69, 9.17) is 4.74 Å². The van der Waals surface area contributed by atoms with E-state index < -0.39 is 0 Å². The number of hydrogen-bond acceptors (Lipinski definition) is 4. The fourth-order valence-corrected chi connectivity index (χ4v) is 2.42. The zero-order valence-electron chi connectivity index (χ0n) is 10.3. The Hall–Kier alpha value is -0.940. The molecule has 0 aromatic carbocycles. The van der Waals surface area contributed by atoms with Gasteiger partial charge in [-0.2, -0.15) is 0 Å². The lowest BCUT2D eigenvalue weighted by molar-refractivity contribution is -0.138. The Bertz CT molecular complexity index is 300. The Morgan fingerprint density at radius 3 is 2.71 bits per heavy atom. The second kappa shape index (κ2) is 5.60. The lowest BCUT2D eigenvalue weighted by Gasteiger charge is -2.25. The first-order chi connectivity index (χ1) is 8.22. The van der Waals surface area contributed by atoms with Crippen molar-refractivity contribution in [1.29, 1.82) is 0 Å². The fraction of sp³-hybridized carbons (Fsp3) is 0.833. The van der Waals surface area contributed by atoms with E-state index in [1.807, 2.05) is 6.92 Å². The van der Waals surface area contributed by atoms with E-state index in [1.54, 1.807) is 0 Å². The third-order valence-electron chi connectivity index (χ3n) is 3.35. The van der Waals surface area contributed by atoms with Gasteiger partial charge in [-0.15, -0.1) is 0 Å². The molecule has 0 saturated carbocycles. The van der Waals surface area contributed by atoms with Crippen molar-refractivity contribution in [3.05, 3.63) is 0 Å². The molecule has 0 bridgehead atoms. The molecule has 1 atom stereocenters. The average Bonchev–Trinajstić information content (AvgIpc) is 2.59. The van der Waals surface area contributed by atoms with E-state index in [0.717, 1.165) is 32.5 Å². The van der Waals surface area contributed by atoms with Crippen molar-refractivity contribution in [3.63, 3.8) is 0 Å². The quantitative estimate of drug-likeness (QED) is 0.718. The second-order valence-electron chi connectivity index (χ2n) is 4.69. The van der Waals surface area contributed by atoms with Crippen LogP contribution in [0, 0.1) is 0 Å². The van der Waals surface area contributed by atoms with Gasteiger partial charge < -0.3 is 10.1 Å². The number of carbonyl (C=O) groups excluding carboxylic acids is 2. The van der Waals surface area contributed by atoms with Gasteiger partial charge in [-0.25, -0.2) is 0 Å². The maximum atomic E-state index is 12.0. The summed E-state index contributed by atoms with van der Waals surface area (Å²) < 4.78 is 5.27. The molecule has 0 aromatic heterocycles. The standard InChI is InChI=1S/C12H20N2O3/c1-2-5-14-11(15)8-10(12(14)16)13-9-3-6-17-7-4-9/h9-10,13H,2-8H2,1H3. The normalized spacial score (nSPS) is 26.9. The number of nitrogens with one attached hydrogen (secondary N) is 1. The van der Waals surface area contributed by atoms with E-state index in [-0.39, 0.29) is 17.9 Å². The molecule has 5 nitrogen and oxygen atoms in total. The summed E-state index contributed by atoms with van der Waals surface area (Å²) in [4.78, 5) is 25.0. The molecule has 2 heterocycles. The Morgan fingerprint density at radius 1 is 1.35 bits per heavy atom. The molecule has 0 aromatic rings. The molecule has 0 radical (unpaired) electrons. The van der Waals surface area contributed by atoms with Crippen LogP contribution in [0.5, 0.6) is 0 Å². The highest BCUT2D eigenvalue weighted by molar-refractivity contribution is 6.05. The van der Waals surface area contributed by atoms with Crippen LogP contribution in [-0.4, -0.2) is 48.6 Å². The van der Waals surface area contributed by atoms with Crippen LogP contribution in [-0.2, 0) is 14.3 Å². The van der Waals surface area contributed by atoms with Crippen LogP contribution in [0.1, 0.15) is 32.6 Å². The molecule has 17 heavy (non-hydrogen) atoms. The summed E-state index contributed by atoms with van der Waals surface area (Å²) in [6.45, 7) is 4.00. The Kier molecular flexibility index (Phi) is 4.12. The summed E-state index contributed by atoms with van der Waals surface area (Å²) in [5.74, 6) is -0.0928. The van der Waals surface area contributed by atoms with Gasteiger partial charge in [-0.1, -0.05) is 6.92 Å². The van der Waals surface area contributed by atoms with E-state index in [0.29, 0.717) is 19.0 Å². The van der Waals surface area contributed by atoms with E-state index in [2.05, 4.69) is 5.32 Å². The minimum Gasteiger partial charge on any atom is -0.381 e. The molecule has 0 spiro atoms. The topological polar surface area (TPSA) is 58.6 Å². The molecule has 1 unspecified atom stereocenters. The number of carbonyl (C=O) groups is 2. The second-order valence-corrected chi connectivity index (χ2v) is 4.69. The maximum Gasteiger partial charge on any atom is 0.246 e. The van der Waals surface area contributed by atoms with E-state index in [1.165, 1.54) is 4.90 Å². The number of nitrogens with zero attached hydrogens (tertiary/aromatic N) is 1. The van der Waals surface area contributed by atoms with Crippen molar-refractivity contribution in [3.8, 4) is 0 Å². The van der Waals surface area contributed by atoms with E-state index >= 15 is 0 Å². The van der Waals surface area contributed by atoms with Gasteiger partial charge in [0.15, 0.2) is 0 Å². The van der Waals surface area contributed by atoms with Crippen LogP contribution in [0.15, 0.2) is 0 Å². The zero-order chi connectivity index (χ0) is 12.3. The van der Waals surface area contributed by atoms with Crippen molar-refractivity contribution >= 4 is 11.8 Å². The molecule has 2 aliphatic heterocycles. The number of likely N-dealkylation sites (tertiary alicyclic amines) is 1. The van der Waals surface area contributed by atoms with Crippen LogP contribution < -0.4 is 5.32 Å². The highest BCUT2D eigenvalue weighted by Gasteiger charge is 2.38. The lowest BCUT2D eigenvalue weighted by atomic mass is 10.1. The number of ether oxygens (including phenoxy) is 1. The molecular formula is C12H20N2O3. The number of amides is 2. The molecule has 0 aliphatic carbocycles. The minimum absolute atomic E-state index is 0.0404. The molecular weight excluding hydrogens is 220 g/mol. The summed E-state index contributed by atoms with van der Waals surface area (Å²) in [6, 6.07) is 0.00391. The lowest BCUT2D eigenvalue weighted by Crippen LogP contribution is -2.45. The fourth-order valence-electron chi connectivity index (χ4n) is 2.42. The van der Waals surface area contributed by atoms with Crippen molar-refractivity contribution in [2.24, 2.45) is 0 Å². The highest BCUT2D eigenvalue weighted by Crippen LogP contribution is 2.16. The summed E-state index contributed by atoms with van der Waals surface area (Å²) in [5.41, 5.74) is 0. The third kappa shape index (κ3) is 2.84. The van der Waals surface area contributed by atoms with Crippen molar-refractivity contribution < 1.29 is 14.3 Å². The van der Waals surface area contributed by atoms with Gasteiger partial charge in [0.05, 0.1) is 12.5 Å². The van der Waals surface area contributed by atoms with E-state index in [9.17, 15) is 9.59 Å². The van der Waals surface area contributed by atoms with Crippen LogP contribution in [0.2, 0.25) is 0 Å². The smallest absolute Gasteiger partial charge is 0.246 e. The maximum absolute atomic E-state index is 12.0. The Balaban J connectivity index is 1.89. The summed E-state index contributed by atoms with van der Waals surface area (Å²) >= 11 is 0. The number of imide groups is 1. The zero-order valence-corrected chi connectivity index (χ0v) is 10.3. The summed E-state index contributed by atoms with van der Waals surface area (Å²) in [6.07, 6.45) is 2.98. The molecule has 2 amide bonds. The predicted molar refractivity (Wildman–Crippen MR) is 62.4 cm³/mol. The minimum atomic E-state index is -0.308. The van der Waals surface area contributed by atoms with Gasteiger partial charge in [0, 0.05) is 25.8 Å². The van der Waals surface area contributed by atoms with Crippen LogP contribution in [0.4, 0.5) is 0 Å². The van der Waals surface area contributed by atoms with Gasteiger partial charge in [0.25, 0.3) is 0 Å². The molecule has 2 rings (SSSR count). The highest BCUT2D eigenvalue weighted by atomic mass is 16.5. The van der Waals surface area contributed by atoms with Gasteiger partial charge >= 0.3 is 0 Å². The largest absolute Gasteiger partial charge is 0.381 e. The molecule has 2 saturated heterocycles. The first-order valence-corrected chi connectivity index (χ1v) is 6.40. The van der Waals surface area contributed by atoms with Crippen LogP contribution in [0.3, 0.4) is 0 Å². The Morgan fingerprint density at radius 2 is 2.06 bits per heavy atom. The monoisotopic (exact) mass is 240 g/mol. The molecule has 2 aliphatic rings. The summed E-state index contributed by atoms with van der Waals surface area (Å²) in [7, 11) is 0. The Labute approximate surface area is 101 Å². The van der Waals surface area contributed by atoms with Gasteiger partial charge in [0.1, 0.15) is 0 Å². The first kappa shape index (κ1) is 12.5. The average molecular weight is 240 g/mol. The van der Waals surface area contributed by atoms with Crippen LogP contribution >= 0.6 is 0 Å². The van der Waals surface area contributed by atoms with Crippen molar-refractivity contribution in [2.45, 2.75) is 44.7 Å². The number of hydrogen-bond donors (Lipinski definition) is 1. The van der Waals surface area contributed by atoms with Gasteiger partial charge in [-0.3, -0.25) is 14.5 Å². The SMILES string of the molecule is CCCN1C(=O)CC(NC2CCOCC2)C1=O. The molecule has 96 valence electrons. The van der Waals surface area contributed by atoms with Crippen LogP contribution in [0.25, 0.3) is 0 Å². The van der Waals surface area contributed by atoms with Crippen molar-refractivity contribution in [2.75, 3.05) is 19.8 Å².